The second kappa shape index (κ2) is 5.45. The quantitative estimate of drug-likeness (QED) is 0.340. The van der Waals surface area contributed by atoms with Gasteiger partial charge in [-0.2, -0.15) is 0 Å². The van der Waals surface area contributed by atoms with Gasteiger partial charge >= 0.3 is 7.60 Å². The van der Waals surface area contributed by atoms with Crippen molar-refractivity contribution < 1.29 is 19.1 Å². The van der Waals surface area contributed by atoms with Crippen LogP contribution in [0.15, 0.2) is 21.4 Å². The average molecular weight is 301 g/mol. The van der Waals surface area contributed by atoms with Crippen molar-refractivity contribution in [1.82, 2.24) is 5.32 Å². The maximum absolute atomic E-state index is 10.9. The standard InChI is InChI=1S/C10H16N5O4P/c11-4-7(8-13-5-14-9(12)15-8)3-10(1-2-10)19-6-20(16,17)18/h4-5,11H,1-3,6H2,(H2,16,17,18)(H3,12,13,14,15)/b8-7-,11-4?. The number of hydrogen-bond donors (Lipinski definition) is 5. The van der Waals surface area contributed by atoms with E-state index in [0.29, 0.717) is 30.7 Å². The van der Waals surface area contributed by atoms with Crippen molar-refractivity contribution in [3.05, 3.63) is 11.4 Å². The molecular formula is C10H16N5O4P. The lowest BCUT2D eigenvalue weighted by Gasteiger charge is -2.19. The van der Waals surface area contributed by atoms with Crippen LogP contribution < -0.4 is 11.1 Å². The Bertz CT molecular complexity index is 546. The molecule has 0 atom stereocenters. The second-order valence-corrected chi connectivity index (χ2v) is 6.29. The number of nitrogens with two attached hydrogens (primary N) is 1. The monoisotopic (exact) mass is 301 g/mol. The molecule has 2 aliphatic rings. The largest absolute Gasteiger partial charge is 0.369 e. The summed E-state index contributed by atoms with van der Waals surface area (Å²) >= 11 is 0. The molecule has 0 aromatic carbocycles. The van der Waals surface area contributed by atoms with Crippen molar-refractivity contribution in [2.45, 2.75) is 24.9 Å². The minimum Gasteiger partial charge on any atom is -0.369 e. The molecule has 110 valence electrons. The van der Waals surface area contributed by atoms with Crippen molar-refractivity contribution in [1.29, 1.82) is 5.41 Å². The Balaban J connectivity index is 2.06. The third-order valence-corrected chi connectivity index (χ3v) is 3.43. The van der Waals surface area contributed by atoms with Gasteiger partial charge in [0.1, 0.15) is 18.5 Å². The molecule has 0 aromatic heterocycles. The second-order valence-electron chi connectivity index (χ2n) is 4.70. The van der Waals surface area contributed by atoms with Crippen LogP contribution in [0.3, 0.4) is 0 Å². The number of nitrogens with one attached hydrogen (secondary N) is 2. The molecule has 9 nitrogen and oxygen atoms in total. The van der Waals surface area contributed by atoms with Crippen molar-refractivity contribution in [2.75, 3.05) is 6.35 Å². The van der Waals surface area contributed by atoms with Gasteiger partial charge in [-0.05, 0) is 12.8 Å². The summed E-state index contributed by atoms with van der Waals surface area (Å²) in [5.74, 6) is 0.578. The van der Waals surface area contributed by atoms with E-state index < -0.39 is 19.5 Å². The highest BCUT2D eigenvalue weighted by molar-refractivity contribution is 7.51. The molecule has 0 aromatic rings. The van der Waals surface area contributed by atoms with Gasteiger partial charge in [0.2, 0.25) is 0 Å². The molecule has 1 aliphatic heterocycles. The number of aliphatic imine (C=N–C) groups is 2. The predicted molar refractivity (Wildman–Crippen MR) is 73.6 cm³/mol. The lowest BCUT2D eigenvalue weighted by atomic mass is 10.1. The third-order valence-electron chi connectivity index (χ3n) is 2.97. The summed E-state index contributed by atoms with van der Waals surface area (Å²) in [6, 6.07) is 0. The summed E-state index contributed by atoms with van der Waals surface area (Å²) < 4.78 is 16.2. The summed E-state index contributed by atoms with van der Waals surface area (Å²) in [5, 5.41) is 10.2. The van der Waals surface area contributed by atoms with Crippen molar-refractivity contribution >= 4 is 26.1 Å². The molecule has 1 heterocycles. The zero-order valence-corrected chi connectivity index (χ0v) is 11.5. The van der Waals surface area contributed by atoms with Crippen LogP contribution in [0.2, 0.25) is 0 Å². The van der Waals surface area contributed by atoms with Crippen LogP contribution in [0.1, 0.15) is 19.3 Å². The summed E-state index contributed by atoms with van der Waals surface area (Å²) in [6.45, 7) is 0. The van der Waals surface area contributed by atoms with Crippen LogP contribution in [-0.2, 0) is 9.30 Å². The number of guanidine groups is 1. The summed E-state index contributed by atoms with van der Waals surface area (Å²) in [4.78, 5) is 25.4. The Morgan fingerprint density at radius 2 is 2.35 bits per heavy atom. The highest BCUT2D eigenvalue weighted by Crippen LogP contribution is 2.48. The Kier molecular flexibility index (Phi) is 4.05. The molecule has 1 fully saturated rings. The van der Waals surface area contributed by atoms with Gasteiger partial charge in [0.05, 0.1) is 5.60 Å². The van der Waals surface area contributed by atoms with E-state index in [2.05, 4.69) is 15.3 Å². The Morgan fingerprint density at radius 1 is 1.65 bits per heavy atom. The molecule has 2 rings (SSSR count). The van der Waals surface area contributed by atoms with E-state index in [0.717, 1.165) is 6.21 Å². The maximum Gasteiger partial charge on any atom is 0.351 e. The van der Waals surface area contributed by atoms with Gasteiger partial charge in [0.15, 0.2) is 5.96 Å². The van der Waals surface area contributed by atoms with Crippen LogP contribution in [0.4, 0.5) is 0 Å². The molecule has 6 N–H and O–H groups in total. The minimum atomic E-state index is -4.20. The van der Waals surface area contributed by atoms with Gasteiger partial charge < -0.3 is 31.0 Å². The van der Waals surface area contributed by atoms with Crippen LogP contribution in [0, 0.1) is 5.41 Å². The van der Waals surface area contributed by atoms with Gasteiger partial charge in [0, 0.05) is 18.2 Å². The van der Waals surface area contributed by atoms with E-state index in [1.807, 2.05) is 0 Å². The normalized spacial score (nSPS) is 22.8. The fourth-order valence-electron chi connectivity index (χ4n) is 1.78. The van der Waals surface area contributed by atoms with Crippen LogP contribution >= 0.6 is 7.60 Å². The van der Waals surface area contributed by atoms with Gasteiger partial charge in [-0.1, -0.05) is 0 Å². The van der Waals surface area contributed by atoms with Gasteiger partial charge in [-0.15, -0.1) is 0 Å². The number of hydrogen-bond acceptors (Lipinski definition) is 7. The predicted octanol–water partition coefficient (Wildman–Crippen LogP) is -0.132. The maximum atomic E-state index is 10.9. The summed E-state index contributed by atoms with van der Waals surface area (Å²) in [7, 11) is -4.20. The summed E-state index contributed by atoms with van der Waals surface area (Å²) in [5.41, 5.74) is 5.44. The molecule has 0 bridgehead atoms. The molecule has 1 saturated carbocycles. The molecular weight excluding hydrogens is 285 g/mol. The van der Waals surface area contributed by atoms with Gasteiger partial charge in [-0.25, -0.2) is 9.98 Å². The van der Waals surface area contributed by atoms with Crippen molar-refractivity contribution in [3.8, 4) is 0 Å². The van der Waals surface area contributed by atoms with E-state index in [-0.39, 0.29) is 5.96 Å². The zero-order valence-electron chi connectivity index (χ0n) is 10.6. The molecule has 10 heteroatoms. The van der Waals surface area contributed by atoms with Gasteiger partial charge in [-0.3, -0.25) is 4.57 Å². The molecule has 0 spiro atoms. The highest BCUT2D eigenvalue weighted by Gasteiger charge is 2.46. The fourth-order valence-corrected chi connectivity index (χ4v) is 2.22. The number of nitrogens with zero attached hydrogens (tertiary/aromatic N) is 2. The lowest BCUT2D eigenvalue weighted by molar-refractivity contribution is 0.0554. The van der Waals surface area contributed by atoms with E-state index in [1.54, 1.807) is 0 Å². The molecule has 0 amide bonds. The molecule has 1 aliphatic carbocycles. The topological polar surface area (TPSA) is 153 Å². The average Bonchev–Trinajstić information content (AvgIpc) is 3.13. The summed E-state index contributed by atoms with van der Waals surface area (Å²) in [6.07, 6.45) is 3.49. The van der Waals surface area contributed by atoms with E-state index in [1.165, 1.54) is 6.34 Å². The molecule has 20 heavy (non-hydrogen) atoms. The molecule has 0 unspecified atom stereocenters. The first-order valence-electron chi connectivity index (χ1n) is 5.89. The van der Waals surface area contributed by atoms with E-state index >= 15 is 0 Å². The van der Waals surface area contributed by atoms with E-state index in [4.69, 9.17) is 25.7 Å². The number of ether oxygens (including phenoxy) is 1. The SMILES string of the molecule is N=C/C(CC1(OCP(=O)(O)O)CC1)=C1/N=CN=C(N)N1. The van der Waals surface area contributed by atoms with Crippen LogP contribution in [0.25, 0.3) is 0 Å². The lowest BCUT2D eigenvalue weighted by Crippen LogP contribution is -2.34. The molecule has 0 saturated heterocycles. The minimum absolute atomic E-state index is 0.176. The van der Waals surface area contributed by atoms with E-state index in [9.17, 15) is 4.57 Å². The third kappa shape index (κ3) is 3.97. The number of rotatable bonds is 6. The highest BCUT2D eigenvalue weighted by atomic mass is 31.2. The Hall–Kier alpha value is -1.54. The van der Waals surface area contributed by atoms with Crippen LogP contribution in [0.5, 0.6) is 0 Å². The van der Waals surface area contributed by atoms with Crippen molar-refractivity contribution in [2.24, 2.45) is 15.7 Å². The fraction of sp³-hybridized carbons (Fsp3) is 0.500. The first-order chi connectivity index (χ1) is 9.34. The van der Waals surface area contributed by atoms with Crippen LogP contribution in [-0.4, -0.2) is 40.2 Å². The first-order valence-corrected chi connectivity index (χ1v) is 7.68. The van der Waals surface area contributed by atoms with Gasteiger partial charge in [0.25, 0.3) is 0 Å². The first kappa shape index (κ1) is 14.9. The molecule has 0 radical (unpaired) electrons. The Labute approximate surface area is 115 Å². The van der Waals surface area contributed by atoms with Crippen molar-refractivity contribution in [3.63, 3.8) is 0 Å². The zero-order chi connectivity index (χ0) is 14.8. The smallest absolute Gasteiger partial charge is 0.351 e. The Morgan fingerprint density at radius 3 is 2.85 bits per heavy atom.